The smallest absolute Gasteiger partial charge is 0.335 e. The number of amides is 1. The van der Waals surface area contributed by atoms with Gasteiger partial charge in [0.15, 0.2) is 5.78 Å². The zero-order chi connectivity index (χ0) is 22.1. The van der Waals surface area contributed by atoms with Crippen molar-refractivity contribution < 1.29 is 24.2 Å². The molecule has 2 aromatic rings. The Bertz CT molecular complexity index is 1110. The van der Waals surface area contributed by atoms with Crippen molar-refractivity contribution in [2.45, 2.75) is 38.5 Å². The molecule has 0 fully saturated rings. The van der Waals surface area contributed by atoms with Crippen LogP contribution in [-0.4, -0.2) is 29.4 Å². The third-order valence-corrected chi connectivity index (χ3v) is 6.02. The molecule has 1 heterocycles. The molecule has 0 saturated carbocycles. The summed E-state index contributed by atoms with van der Waals surface area (Å²) in [7, 11) is 0. The predicted octanol–water partition coefficient (Wildman–Crippen LogP) is 4.96. The number of ether oxygens (including phenoxy) is 1. The molecule has 31 heavy (non-hydrogen) atoms. The maximum Gasteiger partial charge on any atom is 0.335 e. The molecule has 1 N–H and O–H groups in total. The molecule has 2 aliphatic rings. The van der Waals surface area contributed by atoms with Crippen LogP contribution < -0.4 is 9.64 Å². The Labute approximate surface area is 185 Å². The first-order valence-corrected chi connectivity index (χ1v) is 10.6. The first-order valence-electron chi connectivity index (χ1n) is 10.3. The van der Waals surface area contributed by atoms with E-state index in [1.807, 2.05) is 31.2 Å². The minimum Gasteiger partial charge on any atom is -0.494 e. The minimum atomic E-state index is -1.11. The third kappa shape index (κ3) is 3.83. The molecule has 0 saturated heterocycles. The second-order valence-corrected chi connectivity index (χ2v) is 7.97. The average Bonchev–Trinajstić information content (AvgIpc) is 2.74. The van der Waals surface area contributed by atoms with Gasteiger partial charge < -0.3 is 9.84 Å². The molecule has 6 nitrogen and oxygen atoms in total. The van der Waals surface area contributed by atoms with E-state index in [1.165, 1.54) is 23.1 Å². The van der Waals surface area contributed by atoms with Crippen molar-refractivity contribution in [3.8, 4) is 5.75 Å². The molecule has 160 valence electrons. The summed E-state index contributed by atoms with van der Waals surface area (Å²) in [5.74, 6) is -1.09. The number of nitrogens with zero attached hydrogens (tertiary/aromatic N) is 1. The van der Waals surface area contributed by atoms with Crippen molar-refractivity contribution in [3.63, 3.8) is 0 Å². The average molecular weight is 440 g/mol. The highest BCUT2D eigenvalue weighted by Crippen LogP contribution is 2.46. The van der Waals surface area contributed by atoms with Gasteiger partial charge in [-0.05, 0) is 44.0 Å². The first kappa shape index (κ1) is 21.1. The molecule has 1 unspecified atom stereocenters. The Morgan fingerprint density at radius 2 is 1.97 bits per heavy atom. The van der Waals surface area contributed by atoms with Crippen molar-refractivity contribution in [1.29, 1.82) is 0 Å². The van der Waals surface area contributed by atoms with Crippen molar-refractivity contribution in [2.75, 3.05) is 11.5 Å². The summed E-state index contributed by atoms with van der Waals surface area (Å²) >= 11 is 6.37. The number of para-hydroxylation sites is 1. The van der Waals surface area contributed by atoms with E-state index in [9.17, 15) is 19.5 Å². The van der Waals surface area contributed by atoms with Gasteiger partial charge in [0.05, 0.1) is 22.9 Å². The Balaban J connectivity index is 1.89. The maximum absolute atomic E-state index is 13.4. The van der Waals surface area contributed by atoms with E-state index in [0.717, 1.165) is 5.56 Å². The number of carboxylic acid groups (broad SMARTS) is 1. The molecule has 1 amide bonds. The van der Waals surface area contributed by atoms with Gasteiger partial charge in [0.25, 0.3) is 0 Å². The lowest BCUT2D eigenvalue weighted by Crippen LogP contribution is -2.40. The van der Waals surface area contributed by atoms with E-state index in [-0.39, 0.29) is 28.7 Å². The summed E-state index contributed by atoms with van der Waals surface area (Å²) in [5, 5.41) is 9.64. The van der Waals surface area contributed by atoms with E-state index in [2.05, 4.69) is 0 Å². The van der Waals surface area contributed by atoms with Gasteiger partial charge in [-0.2, -0.15) is 0 Å². The summed E-state index contributed by atoms with van der Waals surface area (Å²) in [5.41, 5.74) is 2.33. The standard InChI is InChI=1S/C24H22ClNO5/c1-2-31-21-9-4-3-6-15(21)16-13-22(28)26(18-7-5-8-20(27)23(16)18)19-12-14(24(29)30)10-11-17(19)25/h3-4,6,9-12,16H,2,5,7-8,13H2,1H3,(H,29,30). The lowest BCUT2D eigenvalue weighted by atomic mass is 9.77. The second-order valence-electron chi connectivity index (χ2n) is 7.57. The van der Waals surface area contributed by atoms with Crippen molar-refractivity contribution in [2.24, 2.45) is 0 Å². The molecule has 0 aromatic heterocycles. The molecule has 2 aromatic carbocycles. The third-order valence-electron chi connectivity index (χ3n) is 5.70. The van der Waals surface area contributed by atoms with Gasteiger partial charge in [-0.1, -0.05) is 29.8 Å². The maximum atomic E-state index is 13.4. The van der Waals surface area contributed by atoms with Gasteiger partial charge >= 0.3 is 5.97 Å². The molecule has 4 rings (SSSR count). The van der Waals surface area contributed by atoms with E-state index < -0.39 is 11.9 Å². The van der Waals surface area contributed by atoms with E-state index in [1.54, 1.807) is 0 Å². The quantitative estimate of drug-likeness (QED) is 0.711. The molecule has 0 spiro atoms. The zero-order valence-electron chi connectivity index (χ0n) is 17.1. The number of Topliss-reactive ketones (excluding diaryl/α,β-unsaturated/α-hetero) is 1. The zero-order valence-corrected chi connectivity index (χ0v) is 17.8. The van der Waals surface area contributed by atoms with Crippen molar-refractivity contribution in [1.82, 2.24) is 0 Å². The Morgan fingerprint density at radius 1 is 1.19 bits per heavy atom. The molecule has 1 aliphatic carbocycles. The van der Waals surface area contributed by atoms with Crippen LogP contribution in [0.2, 0.25) is 5.02 Å². The molecule has 0 bridgehead atoms. The number of rotatable bonds is 5. The van der Waals surface area contributed by atoms with E-state index >= 15 is 0 Å². The molecule has 0 radical (unpaired) electrons. The van der Waals surface area contributed by atoms with Crippen LogP contribution in [0.25, 0.3) is 0 Å². The number of halogens is 1. The van der Waals surface area contributed by atoms with Crippen LogP contribution in [0.1, 0.15) is 54.4 Å². The van der Waals surface area contributed by atoms with E-state index in [0.29, 0.717) is 48.6 Å². The summed E-state index contributed by atoms with van der Waals surface area (Å²) in [6, 6.07) is 11.7. The number of anilines is 1. The number of benzene rings is 2. The fourth-order valence-electron chi connectivity index (χ4n) is 4.41. The molecular formula is C24H22ClNO5. The molecule has 1 atom stereocenters. The fraction of sp³-hybridized carbons (Fsp3) is 0.292. The Morgan fingerprint density at radius 3 is 2.71 bits per heavy atom. The van der Waals surface area contributed by atoms with Gasteiger partial charge in [-0.3, -0.25) is 14.5 Å². The number of aromatic carboxylic acids is 1. The van der Waals surface area contributed by atoms with Crippen LogP contribution in [0.3, 0.4) is 0 Å². The largest absolute Gasteiger partial charge is 0.494 e. The van der Waals surface area contributed by atoms with Crippen LogP contribution >= 0.6 is 11.6 Å². The van der Waals surface area contributed by atoms with Crippen molar-refractivity contribution >= 4 is 34.9 Å². The highest BCUT2D eigenvalue weighted by atomic mass is 35.5. The summed E-state index contributed by atoms with van der Waals surface area (Å²) < 4.78 is 5.77. The number of carboxylic acids is 1. The summed E-state index contributed by atoms with van der Waals surface area (Å²) in [6.07, 6.45) is 1.64. The fourth-order valence-corrected chi connectivity index (χ4v) is 4.61. The first-order chi connectivity index (χ1) is 14.9. The summed E-state index contributed by atoms with van der Waals surface area (Å²) in [6.45, 7) is 2.36. The molecule has 1 aliphatic heterocycles. The van der Waals surface area contributed by atoms with Gasteiger partial charge in [0.1, 0.15) is 5.75 Å². The summed E-state index contributed by atoms with van der Waals surface area (Å²) in [4.78, 5) is 39.4. The number of allylic oxidation sites excluding steroid dienone is 2. The Hall–Kier alpha value is -3.12. The number of hydrogen-bond acceptors (Lipinski definition) is 4. The number of carbonyl (C=O) groups is 3. The van der Waals surface area contributed by atoms with Gasteiger partial charge in [0.2, 0.25) is 5.91 Å². The SMILES string of the molecule is CCOc1ccccc1C1CC(=O)N(c2cc(C(=O)O)ccc2Cl)C2=C1C(=O)CCC2. The van der Waals surface area contributed by atoms with Gasteiger partial charge in [-0.25, -0.2) is 4.79 Å². The lowest BCUT2D eigenvalue weighted by molar-refractivity contribution is -0.119. The normalized spacial score (nSPS) is 18.8. The minimum absolute atomic E-state index is 0.000521. The van der Waals surface area contributed by atoms with Crippen LogP contribution in [-0.2, 0) is 9.59 Å². The van der Waals surface area contributed by atoms with Gasteiger partial charge in [-0.15, -0.1) is 0 Å². The molecular weight excluding hydrogens is 418 g/mol. The van der Waals surface area contributed by atoms with Crippen LogP contribution in [0.15, 0.2) is 53.7 Å². The second kappa shape index (κ2) is 8.55. The van der Waals surface area contributed by atoms with Crippen LogP contribution in [0.4, 0.5) is 5.69 Å². The highest BCUT2D eigenvalue weighted by molar-refractivity contribution is 6.34. The highest BCUT2D eigenvalue weighted by Gasteiger charge is 2.41. The van der Waals surface area contributed by atoms with Gasteiger partial charge in [0, 0.05) is 35.6 Å². The predicted molar refractivity (Wildman–Crippen MR) is 117 cm³/mol. The number of hydrogen-bond donors (Lipinski definition) is 1. The topological polar surface area (TPSA) is 83.9 Å². The van der Waals surface area contributed by atoms with E-state index in [4.69, 9.17) is 16.3 Å². The van der Waals surface area contributed by atoms with Crippen LogP contribution in [0.5, 0.6) is 5.75 Å². The van der Waals surface area contributed by atoms with Crippen LogP contribution in [0, 0.1) is 0 Å². The van der Waals surface area contributed by atoms with Crippen molar-refractivity contribution in [3.05, 3.63) is 69.9 Å². The monoisotopic (exact) mass is 439 g/mol. The Kier molecular flexibility index (Phi) is 5.83. The number of ketones is 1. The lowest BCUT2D eigenvalue weighted by Gasteiger charge is -2.39. The molecule has 7 heteroatoms. The number of carbonyl (C=O) groups excluding carboxylic acids is 2.